The van der Waals surface area contributed by atoms with E-state index in [4.69, 9.17) is 0 Å². The van der Waals surface area contributed by atoms with Gasteiger partial charge in [-0.05, 0) is 6.42 Å². The molecule has 0 atom stereocenters. The first-order chi connectivity index (χ1) is 5.34. The Morgan fingerprint density at radius 3 is 2.64 bits per heavy atom. The van der Waals surface area contributed by atoms with Gasteiger partial charge in [0.05, 0.1) is 13.3 Å². The lowest BCUT2D eigenvalue weighted by atomic mass is 10.3. The molecule has 4 heteroatoms. The van der Waals surface area contributed by atoms with Crippen LogP contribution in [-0.2, 0) is 4.79 Å². The average molecular weight is 157 g/mol. The predicted octanol–water partition coefficient (Wildman–Crippen LogP) is -0.320. The van der Waals surface area contributed by atoms with E-state index in [9.17, 15) is 4.79 Å². The molecule has 0 aromatic heterocycles. The second-order valence-corrected chi connectivity index (χ2v) is 2.68. The van der Waals surface area contributed by atoms with E-state index in [-0.39, 0.29) is 5.91 Å². The number of amides is 1. The number of nitrogens with zero attached hydrogens (tertiary/aromatic N) is 1. The summed E-state index contributed by atoms with van der Waals surface area (Å²) in [7, 11) is 0. The largest absolute Gasteiger partial charge is 0.317 e. The third-order valence-corrected chi connectivity index (χ3v) is 1.67. The zero-order valence-corrected chi connectivity index (χ0v) is 6.89. The van der Waals surface area contributed by atoms with Crippen LogP contribution in [0.15, 0.2) is 0 Å². The maximum Gasteiger partial charge on any atom is 0.224 e. The highest BCUT2D eigenvalue weighted by Gasteiger charge is 2.13. The van der Waals surface area contributed by atoms with Gasteiger partial charge in [-0.2, -0.15) is 0 Å². The van der Waals surface area contributed by atoms with Crippen molar-refractivity contribution in [1.82, 2.24) is 15.5 Å². The van der Waals surface area contributed by atoms with Crippen molar-refractivity contribution in [2.75, 3.05) is 20.0 Å². The molecule has 64 valence electrons. The minimum atomic E-state index is 0.229. The average Bonchev–Trinajstić information content (AvgIpc) is 2.07. The lowest BCUT2D eigenvalue weighted by Gasteiger charge is -2.28. The van der Waals surface area contributed by atoms with Crippen molar-refractivity contribution in [3.8, 4) is 0 Å². The van der Waals surface area contributed by atoms with Crippen LogP contribution >= 0.6 is 0 Å². The number of hydrogen-bond donors (Lipinski definition) is 2. The summed E-state index contributed by atoms with van der Waals surface area (Å²) in [6, 6.07) is 0. The molecular formula is C7H15N3O. The van der Waals surface area contributed by atoms with Crippen molar-refractivity contribution >= 4 is 5.91 Å². The van der Waals surface area contributed by atoms with Crippen molar-refractivity contribution in [2.45, 2.75) is 19.8 Å². The van der Waals surface area contributed by atoms with Crippen LogP contribution in [0.25, 0.3) is 0 Å². The van der Waals surface area contributed by atoms with Crippen LogP contribution in [0.1, 0.15) is 19.8 Å². The SMILES string of the molecule is CCCC(=O)N1CNCNC1. The quantitative estimate of drug-likeness (QED) is 0.577. The third-order valence-electron chi connectivity index (χ3n) is 1.67. The van der Waals surface area contributed by atoms with E-state index in [2.05, 4.69) is 10.6 Å². The van der Waals surface area contributed by atoms with Crippen LogP contribution in [-0.4, -0.2) is 30.8 Å². The Bertz CT molecular complexity index is 132. The molecule has 1 heterocycles. The molecule has 0 saturated carbocycles. The topological polar surface area (TPSA) is 44.4 Å². The van der Waals surface area contributed by atoms with Gasteiger partial charge in [-0.25, -0.2) is 0 Å². The summed E-state index contributed by atoms with van der Waals surface area (Å²) < 4.78 is 0. The second-order valence-electron chi connectivity index (χ2n) is 2.68. The molecule has 0 aromatic rings. The predicted molar refractivity (Wildman–Crippen MR) is 42.6 cm³/mol. The van der Waals surface area contributed by atoms with E-state index in [0.717, 1.165) is 13.1 Å². The van der Waals surface area contributed by atoms with Gasteiger partial charge < -0.3 is 4.90 Å². The number of nitrogens with one attached hydrogen (secondary N) is 2. The fraction of sp³-hybridized carbons (Fsp3) is 0.857. The highest BCUT2D eigenvalue weighted by atomic mass is 16.2. The minimum absolute atomic E-state index is 0.229. The molecule has 1 rings (SSSR count). The van der Waals surface area contributed by atoms with Crippen molar-refractivity contribution in [3.05, 3.63) is 0 Å². The first-order valence-corrected chi connectivity index (χ1v) is 4.04. The molecule has 0 aliphatic carbocycles. The Labute approximate surface area is 66.9 Å². The van der Waals surface area contributed by atoms with Crippen molar-refractivity contribution in [3.63, 3.8) is 0 Å². The normalized spacial score (nSPS) is 18.5. The Morgan fingerprint density at radius 2 is 2.09 bits per heavy atom. The fourth-order valence-electron chi connectivity index (χ4n) is 1.07. The van der Waals surface area contributed by atoms with E-state index < -0.39 is 0 Å². The van der Waals surface area contributed by atoms with E-state index in [1.807, 2.05) is 6.92 Å². The van der Waals surface area contributed by atoms with Crippen molar-refractivity contribution in [2.24, 2.45) is 0 Å². The molecule has 1 amide bonds. The van der Waals surface area contributed by atoms with E-state index in [1.165, 1.54) is 0 Å². The van der Waals surface area contributed by atoms with Crippen molar-refractivity contribution in [1.29, 1.82) is 0 Å². The zero-order valence-electron chi connectivity index (χ0n) is 6.89. The maximum absolute atomic E-state index is 11.2. The first-order valence-electron chi connectivity index (χ1n) is 4.04. The molecule has 0 bridgehead atoms. The van der Waals surface area contributed by atoms with Crippen LogP contribution in [0.3, 0.4) is 0 Å². The van der Waals surface area contributed by atoms with Gasteiger partial charge >= 0.3 is 0 Å². The second kappa shape index (κ2) is 4.31. The lowest BCUT2D eigenvalue weighted by molar-refractivity contribution is -0.132. The van der Waals surface area contributed by atoms with Crippen molar-refractivity contribution < 1.29 is 4.79 Å². The number of rotatable bonds is 2. The lowest BCUT2D eigenvalue weighted by Crippen LogP contribution is -2.52. The standard InChI is InChI=1S/C7H15N3O/c1-2-3-7(11)10-5-8-4-9-6-10/h8-9H,2-6H2,1H3. The van der Waals surface area contributed by atoms with Gasteiger partial charge in [-0.3, -0.25) is 15.4 Å². The molecule has 11 heavy (non-hydrogen) atoms. The number of carbonyl (C=O) groups is 1. The summed E-state index contributed by atoms with van der Waals surface area (Å²) in [6.45, 7) is 4.19. The van der Waals surface area contributed by atoms with Crippen LogP contribution in [0, 0.1) is 0 Å². The summed E-state index contributed by atoms with van der Waals surface area (Å²) in [6.07, 6.45) is 1.58. The zero-order chi connectivity index (χ0) is 8.10. The van der Waals surface area contributed by atoms with Crippen LogP contribution < -0.4 is 10.6 Å². The van der Waals surface area contributed by atoms with Gasteiger partial charge in [0.2, 0.25) is 5.91 Å². The Morgan fingerprint density at radius 1 is 1.45 bits per heavy atom. The van der Waals surface area contributed by atoms with Crippen LogP contribution in [0.2, 0.25) is 0 Å². The first kappa shape index (κ1) is 8.49. The smallest absolute Gasteiger partial charge is 0.224 e. The van der Waals surface area contributed by atoms with Gasteiger partial charge in [0.25, 0.3) is 0 Å². The summed E-state index contributed by atoms with van der Waals surface area (Å²) in [4.78, 5) is 13.0. The van der Waals surface area contributed by atoms with E-state index in [0.29, 0.717) is 19.8 Å². The Kier molecular flexibility index (Phi) is 3.32. The van der Waals surface area contributed by atoms with Gasteiger partial charge in [-0.1, -0.05) is 6.92 Å². The number of hydrogen-bond acceptors (Lipinski definition) is 3. The molecule has 1 saturated heterocycles. The molecule has 1 fully saturated rings. The monoisotopic (exact) mass is 157 g/mol. The fourth-order valence-corrected chi connectivity index (χ4v) is 1.07. The molecule has 0 spiro atoms. The third kappa shape index (κ3) is 2.48. The van der Waals surface area contributed by atoms with Gasteiger partial charge in [0.1, 0.15) is 0 Å². The minimum Gasteiger partial charge on any atom is -0.317 e. The van der Waals surface area contributed by atoms with E-state index in [1.54, 1.807) is 4.90 Å². The van der Waals surface area contributed by atoms with Crippen LogP contribution in [0.4, 0.5) is 0 Å². The van der Waals surface area contributed by atoms with Gasteiger partial charge in [0, 0.05) is 13.1 Å². The van der Waals surface area contributed by atoms with Crippen LogP contribution in [0.5, 0.6) is 0 Å². The Hall–Kier alpha value is -0.610. The van der Waals surface area contributed by atoms with Gasteiger partial charge in [-0.15, -0.1) is 0 Å². The molecule has 0 aromatic carbocycles. The molecule has 1 aliphatic rings. The molecule has 2 N–H and O–H groups in total. The number of carbonyl (C=O) groups excluding carboxylic acids is 1. The summed E-state index contributed by atoms with van der Waals surface area (Å²) >= 11 is 0. The molecule has 1 aliphatic heterocycles. The van der Waals surface area contributed by atoms with E-state index >= 15 is 0 Å². The molecular weight excluding hydrogens is 142 g/mol. The molecule has 0 radical (unpaired) electrons. The summed E-state index contributed by atoms with van der Waals surface area (Å²) in [5.74, 6) is 0.229. The highest BCUT2D eigenvalue weighted by molar-refractivity contribution is 5.76. The molecule has 4 nitrogen and oxygen atoms in total. The van der Waals surface area contributed by atoms with Gasteiger partial charge in [0.15, 0.2) is 0 Å². The highest BCUT2D eigenvalue weighted by Crippen LogP contribution is 1.96. The maximum atomic E-state index is 11.2. The summed E-state index contributed by atoms with van der Waals surface area (Å²) in [5.41, 5.74) is 0. The Balaban J connectivity index is 2.27. The molecule has 0 unspecified atom stereocenters. The summed E-state index contributed by atoms with van der Waals surface area (Å²) in [5, 5.41) is 6.14.